The predicted molar refractivity (Wildman–Crippen MR) is 114 cm³/mol. The highest BCUT2D eigenvalue weighted by molar-refractivity contribution is 7.99. The summed E-state index contributed by atoms with van der Waals surface area (Å²) in [6.07, 6.45) is 1.67. The predicted octanol–water partition coefficient (Wildman–Crippen LogP) is 4.30. The van der Waals surface area contributed by atoms with Crippen molar-refractivity contribution in [3.63, 3.8) is 0 Å². The molecule has 2 aromatic heterocycles. The van der Waals surface area contributed by atoms with Gasteiger partial charge in [-0.3, -0.25) is 14.2 Å². The number of fused-ring (bicyclic) bond motifs is 1. The van der Waals surface area contributed by atoms with Crippen molar-refractivity contribution in [2.24, 2.45) is 0 Å². The molecule has 3 aromatic rings. The topological polar surface area (TPSA) is 64.0 Å². The van der Waals surface area contributed by atoms with Crippen LogP contribution in [0.15, 0.2) is 46.9 Å². The normalized spacial score (nSPS) is 10.9. The highest BCUT2D eigenvalue weighted by Crippen LogP contribution is 2.28. The molecule has 0 spiro atoms. The number of nitrogens with one attached hydrogen (secondary N) is 1. The van der Waals surface area contributed by atoms with E-state index in [0.717, 1.165) is 26.5 Å². The minimum atomic E-state index is -0.137. The SMILES string of the molecule is C=CCn1c(SCC(=O)Nc2ccc(C)cc2)nc2sc(C)c(C)c2c1=O. The zero-order valence-electron chi connectivity index (χ0n) is 15.5. The number of benzene rings is 1. The third kappa shape index (κ3) is 4.14. The van der Waals surface area contributed by atoms with Gasteiger partial charge in [0.05, 0.1) is 11.1 Å². The van der Waals surface area contributed by atoms with Gasteiger partial charge >= 0.3 is 0 Å². The van der Waals surface area contributed by atoms with Crippen LogP contribution >= 0.6 is 23.1 Å². The monoisotopic (exact) mass is 399 g/mol. The first kappa shape index (κ1) is 19.4. The van der Waals surface area contributed by atoms with Crippen molar-refractivity contribution in [1.82, 2.24) is 9.55 Å². The number of carbonyl (C=O) groups is 1. The van der Waals surface area contributed by atoms with Gasteiger partial charge in [0.2, 0.25) is 5.91 Å². The second-order valence-corrected chi connectivity index (χ2v) is 8.41. The Bertz CT molecular complexity index is 1070. The van der Waals surface area contributed by atoms with E-state index in [1.54, 1.807) is 10.6 Å². The van der Waals surface area contributed by atoms with Gasteiger partial charge < -0.3 is 5.32 Å². The highest BCUT2D eigenvalue weighted by atomic mass is 32.2. The van der Waals surface area contributed by atoms with Crippen LogP contribution in [0.3, 0.4) is 0 Å². The van der Waals surface area contributed by atoms with E-state index in [9.17, 15) is 9.59 Å². The van der Waals surface area contributed by atoms with Gasteiger partial charge in [0, 0.05) is 17.1 Å². The molecule has 0 atom stereocenters. The van der Waals surface area contributed by atoms with Crippen LogP contribution < -0.4 is 10.9 Å². The van der Waals surface area contributed by atoms with E-state index in [1.165, 1.54) is 23.1 Å². The van der Waals surface area contributed by atoms with Gasteiger partial charge in [-0.15, -0.1) is 17.9 Å². The van der Waals surface area contributed by atoms with Crippen LogP contribution in [-0.4, -0.2) is 21.2 Å². The number of nitrogens with zero attached hydrogens (tertiary/aromatic N) is 2. The van der Waals surface area contributed by atoms with Gasteiger partial charge in [-0.25, -0.2) is 4.98 Å². The second kappa shape index (κ2) is 8.10. The molecule has 27 heavy (non-hydrogen) atoms. The van der Waals surface area contributed by atoms with Crippen LogP contribution in [-0.2, 0) is 11.3 Å². The lowest BCUT2D eigenvalue weighted by molar-refractivity contribution is -0.113. The number of thioether (sulfide) groups is 1. The molecule has 1 amide bonds. The maximum atomic E-state index is 12.9. The third-order valence-electron chi connectivity index (χ3n) is 4.23. The van der Waals surface area contributed by atoms with Crippen molar-refractivity contribution in [1.29, 1.82) is 0 Å². The van der Waals surface area contributed by atoms with E-state index < -0.39 is 0 Å². The first-order valence-electron chi connectivity index (χ1n) is 8.51. The molecule has 7 heteroatoms. The van der Waals surface area contributed by atoms with E-state index in [1.807, 2.05) is 45.0 Å². The number of thiophene rings is 1. The lowest BCUT2D eigenvalue weighted by atomic mass is 10.2. The summed E-state index contributed by atoms with van der Waals surface area (Å²) in [5.74, 6) is 0.0358. The molecule has 1 aromatic carbocycles. The Morgan fingerprint density at radius 1 is 1.30 bits per heavy atom. The van der Waals surface area contributed by atoms with Crippen molar-refractivity contribution < 1.29 is 4.79 Å². The van der Waals surface area contributed by atoms with Gasteiger partial charge in [0.1, 0.15) is 4.83 Å². The summed E-state index contributed by atoms with van der Waals surface area (Å²) >= 11 is 2.77. The van der Waals surface area contributed by atoms with Gasteiger partial charge in [0.15, 0.2) is 5.16 Å². The Labute approximate surface area is 166 Å². The molecule has 140 valence electrons. The van der Waals surface area contributed by atoms with Gasteiger partial charge in [-0.1, -0.05) is 35.5 Å². The molecule has 0 unspecified atom stereocenters. The summed E-state index contributed by atoms with van der Waals surface area (Å²) in [5, 5.41) is 4.06. The lowest BCUT2D eigenvalue weighted by Gasteiger charge is -2.10. The van der Waals surface area contributed by atoms with Crippen LogP contribution in [0.4, 0.5) is 5.69 Å². The van der Waals surface area contributed by atoms with Gasteiger partial charge in [0.25, 0.3) is 5.56 Å². The fourth-order valence-corrected chi connectivity index (χ4v) is 4.55. The minimum Gasteiger partial charge on any atom is -0.325 e. The van der Waals surface area contributed by atoms with Crippen molar-refractivity contribution in [2.75, 3.05) is 11.1 Å². The molecule has 2 heterocycles. The third-order valence-corrected chi connectivity index (χ3v) is 6.31. The second-order valence-electron chi connectivity index (χ2n) is 6.27. The van der Waals surface area contributed by atoms with Crippen LogP contribution in [0, 0.1) is 20.8 Å². The molecule has 3 rings (SSSR count). The van der Waals surface area contributed by atoms with Crippen LogP contribution in [0.1, 0.15) is 16.0 Å². The molecule has 0 aliphatic carbocycles. The minimum absolute atomic E-state index is 0.0804. The Morgan fingerprint density at radius 2 is 2.00 bits per heavy atom. The molecule has 0 saturated heterocycles. The zero-order valence-corrected chi connectivity index (χ0v) is 17.2. The first-order valence-corrected chi connectivity index (χ1v) is 10.3. The standard InChI is InChI=1S/C20H21N3O2S2/c1-5-10-23-19(25)17-13(3)14(4)27-18(17)22-20(23)26-11-16(24)21-15-8-6-12(2)7-9-15/h5-9H,1,10-11H2,2-4H3,(H,21,24). The zero-order chi connectivity index (χ0) is 19.6. The lowest BCUT2D eigenvalue weighted by Crippen LogP contribution is -2.23. The number of rotatable bonds is 6. The van der Waals surface area contributed by atoms with E-state index in [2.05, 4.69) is 16.9 Å². The Hall–Kier alpha value is -2.38. The smallest absolute Gasteiger partial charge is 0.263 e. The highest BCUT2D eigenvalue weighted by Gasteiger charge is 2.17. The largest absolute Gasteiger partial charge is 0.325 e. The Balaban J connectivity index is 1.84. The fourth-order valence-electron chi connectivity index (χ4n) is 2.67. The number of aryl methyl sites for hydroxylation is 3. The molecule has 1 N–H and O–H groups in total. The van der Waals surface area contributed by atoms with Crippen molar-refractivity contribution in [3.8, 4) is 0 Å². The summed E-state index contributed by atoms with van der Waals surface area (Å²) in [6, 6.07) is 7.63. The maximum Gasteiger partial charge on any atom is 0.263 e. The summed E-state index contributed by atoms with van der Waals surface area (Å²) in [4.78, 5) is 31.6. The molecule has 0 aliphatic rings. The first-order chi connectivity index (χ1) is 12.9. The van der Waals surface area contributed by atoms with Crippen LogP contribution in [0.5, 0.6) is 0 Å². The number of hydrogen-bond donors (Lipinski definition) is 1. The van der Waals surface area contributed by atoms with E-state index in [0.29, 0.717) is 17.1 Å². The molecular formula is C20H21N3O2S2. The van der Waals surface area contributed by atoms with E-state index >= 15 is 0 Å². The molecule has 0 aliphatic heterocycles. The quantitative estimate of drug-likeness (QED) is 0.381. The average molecular weight is 400 g/mol. The number of amides is 1. The molecule has 0 radical (unpaired) electrons. The molecule has 0 saturated carbocycles. The number of allylic oxidation sites excluding steroid dienone is 1. The number of carbonyl (C=O) groups excluding carboxylic acids is 1. The van der Waals surface area contributed by atoms with Crippen molar-refractivity contribution in [3.05, 3.63) is 63.3 Å². The van der Waals surface area contributed by atoms with Crippen molar-refractivity contribution in [2.45, 2.75) is 32.5 Å². The molecular weight excluding hydrogens is 378 g/mol. The van der Waals surface area contributed by atoms with Crippen molar-refractivity contribution >= 4 is 44.9 Å². The molecule has 5 nitrogen and oxygen atoms in total. The number of aromatic nitrogens is 2. The average Bonchev–Trinajstić information content (AvgIpc) is 2.92. The Kier molecular flexibility index (Phi) is 5.82. The fraction of sp³-hybridized carbons (Fsp3) is 0.250. The van der Waals surface area contributed by atoms with Crippen LogP contribution in [0.25, 0.3) is 10.2 Å². The summed E-state index contributed by atoms with van der Waals surface area (Å²) < 4.78 is 1.58. The van der Waals surface area contributed by atoms with Gasteiger partial charge in [-0.05, 0) is 38.5 Å². The molecule has 0 bridgehead atoms. The van der Waals surface area contributed by atoms with Crippen LogP contribution in [0.2, 0.25) is 0 Å². The van der Waals surface area contributed by atoms with E-state index in [-0.39, 0.29) is 17.2 Å². The Morgan fingerprint density at radius 3 is 2.67 bits per heavy atom. The van der Waals surface area contributed by atoms with Gasteiger partial charge in [-0.2, -0.15) is 0 Å². The summed E-state index contributed by atoms with van der Waals surface area (Å²) in [7, 11) is 0. The molecule has 0 fully saturated rings. The number of hydrogen-bond acceptors (Lipinski definition) is 5. The van der Waals surface area contributed by atoms with E-state index in [4.69, 9.17) is 0 Å². The number of anilines is 1. The maximum absolute atomic E-state index is 12.9. The summed E-state index contributed by atoms with van der Waals surface area (Å²) in [5.41, 5.74) is 2.78. The summed E-state index contributed by atoms with van der Waals surface area (Å²) in [6.45, 7) is 10.0.